The van der Waals surface area contributed by atoms with Gasteiger partial charge in [-0.3, -0.25) is 4.90 Å². The highest BCUT2D eigenvalue weighted by Gasteiger charge is 2.19. The smallest absolute Gasteiger partial charge is 0.165 e. The van der Waals surface area contributed by atoms with Gasteiger partial charge in [-0.1, -0.05) is 48.5 Å². The molecule has 0 saturated carbocycles. The van der Waals surface area contributed by atoms with E-state index in [1.54, 1.807) is 0 Å². The first-order chi connectivity index (χ1) is 11.4. The van der Waals surface area contributed by atoms with E-state index < -0.39 is 0 Å². The Morgan fingerprint density at radius 3 is 2.61 bits per heavy atom. The number of benzene rings is 2. The van der Waals surface area contributed by atoms with Gasteiger partial charge in [0.2, 0.25) is 0 Å². The van der Waals surface area contributed by atoms with Gasteiger partial charge in [-0.2, -0.15) is 0 Å². The van der Waals surface area contributed by atoms with Crippen LogP contribution in [-0.2, 0) is 6.54 Å². The molecule has 2 aromatic rings. The summed E-state index contributed by atoms with van der Waals surface area (Å²) in [5, 5.41) is 0. The number of nitrogens with zero attached hydrogens (tertiary/aromatic N) is 1. The third kappa shape index (κ3) is 3.10. The molecule has 0 N–H and O–H groups in total. The quantitative estimate of drug-likeness (QED) is 0.862. The standard InChI is InChI=1S/C20H21NO2/c1-2-5-16(6-3-1)17-9-11-21(12-10-17)15-18-7-4-8-19-20(18)23-14-13-22-19/h1-9H,10-15H2. The predicted octanol–water partition coefficient (Wildman–Crippen LogP) is 3.75. The van der Waals surface area contributed by atoms with Crippen LogP contribution in [0.1, 0.15) is 17.5 Å². The molecule has 23 heavy (non-hydrogen) atoms. The van der Waals surface area contributed by atoms with Crippen molar-refractivity contribution in [3.63, 3.8) is 0 Å². The molecule has 0 aliphatic carbocycles. The molecule has 0 spiro atoms. The van der Waals surface area contributed by atoms with E-state index in [-0.39, 0.29) is 0 Å². The normalized spacial score (nSPS) is 17.7. The van der Waals surface area contributed by atoms with Crippen LogP contribution in [-0.4, -0.2) is 31.2 Å². The average molecular weight is 307 g/mol. The highest BCUT2D eigenvalue weighted by Crippen LogP contribution is 2.34. The van der Waals surface area contributed by atoms with Crippen molar-refractivity contribution in [2.24, 2.45) is 0 Å². The van der Waals surface area contributed by atoms with Crippen molar-refractivity contribution in [2.75, 3.05) is 26.3 Å². The van der Waals surface area contributed by atoms with Crippen LogP contribution in [0.4, 0.5) is 0 Å². The second-order valence-corrected chi connectivity index (χ2v) is 6.02. The highest BCUT2D eigenvalue weighted by atomic mass is 16.6. The van der Waals surface area contributed by atoms with Crippen LogP contribution in [0.3, 0.4) is 0 Å². The summed E-state index contributed by atoms with van der Waals surface area (Å²) in [6, 6.07) is 16.9. The third-order valence-electron chi connectivity index (χ3n) is 4.48. The largest absolute Gasteiger partial charge is 0.486 e. The third-order valence-corrected chi connectivity index (χ3v) is 4.48. The maximum atomic E-state index is 5.82. The molecule has 0 unspecified atom stereocenters. The Balaban J connectivity index is 1.47. The Morgan fingerprint density at radius 1 is 0.913 bits per heavy atom. The van der Waals surface area contributed by atoms with Crippen molar-refractivity contribution in [2.45, 2.75) is 13.0 Å². The molecule has 3 nitrogen and oxygen atoms in total. The number of ether oxygens (including phenoxy) is 2. The molecular formula is C20H21NO2. The lowest BCUT2D eigenvalue weighted by atomic mass is 9.99. The first-order valence-corrected chi connectivity index (χ1v) is 8.24. The summed E-state index contributed by atoms with van der Waals surface area (Å²) in [6.45, 7) is 4.25. The lowest BCUT2D eigenvalue weighted by Gasteiger charge is -2.28. The van der Waals surface area contributed by atoms with Gasteiger partial charge in [0.15, 0.2) is 11.5 Å². The molecule has 0 fully saturated rings. The summed E-state index contributed by atoms with van der Waals surface area (Å²) in [5.74, 6) is 1.81. The molecule has 2 heterocycles. The molecule has 0 atom stereocenters. The SMILES string of the molecule is C1=C(c2ccccc2)CCN(Cc2cccc3c2OCCO3)C1. The molecule has 0 radical (unpaired) electrons. The lowest BCUT2D eigenvalue weighted by Crippen LogP contribution is -2.28. The zero-order valence-corrected chi connectivity index (χ0v) is 13.2. The van der Waals surface area contributed by atoms with Gasteiger partial charge in [-0.05, 0) is 23.6 Å². The molecule has 118 valence electrons. The molecular weight excluding hydrogens is 286 g/mol. The van der Waals surface area contributed by atoms with E-state index in [1.165, 1.54) is 16.7 Å². The fourth-order valence-corrected chi connectivity index (χ4v) is 3.27. The summed E-state index contributed by atoms with van der Waals surface area (Å²) >= 11 is 0. The van der Waals surface area contributed by atoms with Gasteiger partial charge in [0.25, 0.3) is 0 Å². The van der Waals surface area contributed by atoms with E-state index in [1.807, 2.05) is 6.07 Å². The number of fused-ring (bicyclic) bond motifs is 1. The fourth-order valence-electron chi connectivity index (χ4n) is 3.27. The second kappa shape index (κ2) is 6.47. The molecule has 2 aliphatic heterocycles. The minimum absolute atomic E-state index is 0.641. The van der Waals surface area contributed by atoms with Crippen LogP contribution in [0.2, 0.25) is 0 Å². The molecule has 0 saturated heterocycles. The summed E-state index contributed by atoms with van der Waals surface area (Å²) in [7, 11) is 0. The number of hydrogen-bond acceptors (Lipinski definition) is 3. The first-order valence-electron chi connectivity index (χ1n) is 8.24. The summed E-state index contributed by atoms with van der Waals surface area (Å²) in [6.07, 6.45) is 3.45. The van der Waals surface area contributed by atoms with E-state index in [4.69, 9.17) is 9.47 Å². The van der Waals surface area contributed by atoms with Gasteiger partial charge in [0, 0.05) is 25.2 Å². The minimum Gasteiger partial charge on any atom is -0.486 e. The number of para-hydroxylation sites is 1. The van der Waals surface area contributed by atoms with Crippen molar-refractivity contribution in [1.29, 1.82) is 0 Å². The van der Waals surface area contributed by atoms with Gasteiger partial charge in [-0.25, -0.2) is 0 Å². The monoisotopic (exact) mass is 307 g/mol. The van der Waals surface area contributed by atoms with Crippen LogP contribution in [0.25, 0.3) is 5.57 Å². The van der Waals surface area contributed by atoms with E-state index in [0.29, 0.717) is 13.2 Å². The van der Waals surface area contributed by atoms with E-state index in [2.05, 4.69) is 53.4 Å². The van der Waals surface area contributed by atoms with Crippen molar-refractivity contribution < 1.29 is 9.47 Å². The Kier molecular flexibility index (Phi) is 4.03. The zero-order chi connectivity index (χ0) is 15.5. The van der Waals surface area contributed by atoms with Crippen molar-refractivity contribution in [3.05, 3.63) is 65.7 Å². The van der Waals surface area contributed by atoms with Gasteiger partial charge in [0.05, 0.1) is 0 Å². The van der Waals surface area contributed by atoms with Crippen LogP contribution >= 0.6 is 0 Å². The van der Waals surface area contributed by atoms with Crippen molar-refractivity contribution >= 4 is 5.57 Å². The summed E-state index contributed by atoms with van der Waals surface area (Å²) in [5.41, 5.74) is 4.02. The van der Waals surface area contributed by atoms with Crippen molar-refractivity contribution in [3.8, 4) is 11.5 Å². The van der Waals surface area contributed by atoms with E-state index in [9.17, 15) is 0 Å². The Hall–Kier alpha value is -2.26. The van der Waals surface area contributed by atoms with Crippen LogP contribution < -0.4 is 9.47 Å². The Bertz CT molecular complexity index is 709. The Morgan fingerprint density at radius 2 is 1.78 bits per heavy atom. The summed E-state index contributed by atoms with van der Waals surface area (Å²) < 4.78 is 11.5. The zero-order valence-electron chi connectivity index (χ0n) is 13.2. The van der Waals surface area contributed by atoms with Gasteiger partial charge < -0.3 is 9.47 Å². The second-order valence-electron chi connectivity index (χ2n) is 6.02. The number of rotatable bonds is 3. The molecule has 3 heteroatoms. The molecule has 0 amide bonds. The molecule has 2 aromatic carbocycles. The van der Waals surface area contributed by atoms with Crippen LogP contribution in [0.15, 0.2) is 54.6 Å². The topological polar surface area (TPSA) is 21.7 Å². The van der Waals surface area contributed by atoms with Crippen LogP contribution in [0, 0.1) is 0 Å². The fraction of sp³-hybridized carbons (Fsp3) is 0.300. The van der Waals surface area contributed by atoms with E-state index in [0.717, 1.165) is 37.6 Å². The van der Waals surface area contributed by atoms with Gasteiger partial charge in [0.1, 0.15) is 13.2 Å². The maximum Gasteiger partial charge on any atom is 0.165 e. The molecule has 4 rings (SSSR count). The first kappa shape index (κ1) is 14.3. The maximum absolute atomic E-state index is 5.82. The molecule has 2 aliphatic rings. The van der Waals surface area contributed by atoms with Crippen molar-refractivity contribution in [1.82, 2.24) is 4.90 Å². The number of hydrogen-bond donors (Lipinski definition) is 0. The minimum atomic E-state index is 0.641. The lowest BCUT2D eigenvalue weighted by molar-refractivity contribution is 0.167. The van der Waals surface area contributed by atoms with Crippen LogP contribution in [0.5, 0.6) is 11.5 Å². The Labute approximate surface area is 137 Å². The average Bonchev–Trinajstić information content (AvgIpc) is 2.63. The van der Waals surface area contributed by atoms with Gasteiger partial charge in [-0.15, -0.1) is 0 Å². The molecule has 0 bridgehead atoms. The van der Waals surface area contributed by atoms with Gasteiger partial charge >= 0.3 is 0 Å². The molecule has 0 aromatic heterocycles. The predicted molar refractivity (Wildman–Crippen MR) is 91.7 cm³/mol. The summed E-state index contributed by atoms with van der Waals surface area (Å²) in [4.78, 5) is 2.46. The van der Waals surface area contributed by atoms with E-state index >= 15 is 0 Å². The highest BCUT2D eigenvalue weighted by molar-refractivity contribution is 5.66.